The number of thiophene rings is 1. The summed E-state index contributed by atoms with van der Waals surface area (Å²) in [5, 5.41) is 6.49. The smallest absolute Gasteiger partial charge is 0.138 e. The summed E-state index contributed by atoms with van der Waals surface area (Å²) >= 11 is 1.62. The zero-order valence-corrected chi connectivity index (χ0v) is 11.7. The summed E-state index contributed by atoms with van der Waals surface area (Å²) in [7, 11) is 0. The van der Waals surface area contributed by atoms with E-state index in [1.165, 1.54) is 0 Å². The second kappa shape index (κ2) is 5.81. The molecular weight excluding hydrogens is 262 g/mol. The van der Waals surface area contributed by atoms with Gasteiger partial charge >= 0.3 is 0 Å². The fraction of sp³-hybridized carbons (Fsp3) is 0.538. The van der Waals surface area contributed by atoms with Crippen LogP contribution in [0.3, 0.4) is 0 Å². The maximum absolute atomic E-state index is 5.80. The Hall–Kier alpha value is -1.24. The molecule has 0 spiro atoms. The Bertz CT molecular complexity index is 539. The summed E-state index contributed by atoms with van der Waals surface area (Å²) in [6, 6.07) is 2.25. The van der Waals surface area contributed by atoms with Crippen LogP contribution in [-0.4, -0.2) is 41.9 Å². The lowest BCUT2D eigenvalue weighted by molar-refractivity contribution is 0.0395. The van der Waals surface area contributed by atoms with Gasteiger partial charge in [-0.1, -0.05) is 0 Å². The van der Waals surface area contributed by atoms with E-state index >= 15 is 0 Å². The highest BCUT2D eigenvalue weighted by molar-refractivity contribution is 7.16. The van der Waals surface area contributed by atoms with Crippen molar-refractivity contribution in [1.29, 1.82) is 0 Å². The highest BCUT2D eigenvalue weighted by Crippen LogP contribution is 2.24. The summed E-state index contributed by atoms with van der Waals surface area (Å²) in [6.07, 6.45) is 2.84. The molecule has 6 heteroatoms. The zero-order chi connectivity index (χ0) is 13.1. The minimum atomic E-state index is 0.207. The molecule has 19 heavy (non-hydrogen) atoms. The maximum Gasteiger partial charge on any atom is 0.138 e. The number of hydrogen-bond acceptors (Lipinski definition) is 6. The van der Waals surface area contributed by atoms with Crippen LogP contribution < -0.4 is 5.32 Å². The average Bonchev–Trinajstić information content (AvgIpc) is 3.08. The molecule has 0 saturated carbocycles. The Balaban J connectivity index is 1.59. The normalized spacial score (nSPS) is 20.8. The molecule has 0 aliphatic carbocycles. The zero-order valence-electron chi connectivity index (χ0n) is 10.8. The molecular formula is C13H17N3O2S. The predicted molar refractivity (Wildman–Crippen MR) is 75.7 cm³/mol. The molecule has 2 unspecified atom stereocenters. The molecule has 1 N–H and O–H groups in total. The number of anilines is 1. The Morgan fingerprint density at radius 2 is 2.53 bits per heavy atom. The third-order valence-corrected chi connectivity index (χ3v) is 3.94. The summed E-state index contributed by atoms with van der Waals surface area (Å²) in [5.41, 5.74) is 0. The Kier molecular flexibility index (Phi) is 3.91. The molecule has 1 fully saturated rings. The van der Waals surface area contributed by atoms with E-state index in [-0.39, 0.29) is 12.1 Å². The van der Waals surface area contributed by atoms with Gasteiger partial charge in [0.2, 0.25) is 0 Å². The number of hydrogen-bond donors (Lipinski definition) is 1. The summed E-state index contributed by atoms with van der Waals surface area (Å²) < 4.78 is 11.1. The van der Waals surface area contributed by atoms with E-state index in [9.17, 15) is 0 Å². The Labute approximate surface area is 116 Å². The van der Waals surface area contributed by atoms with Gasteiger partial charge in [0, 0.05) is 12.6 Å². The molecule has 0 radical (unpaired) electrons. The highest BCUT2D eigenvalue weighted by Gasteiger charge is 2.17. The number of nitrogens with zero attached hydrogens (tertiary/aromatic N) is 2. The van der Waals surface area contributed by atoms with Gasteiger partial charge in [0.1, 0.15) is 17.0 Å². The first kappa shape index (κ1) is 12.8. The van der Waals surface area contributed by atoms with E-state index < -0.39 is 0 Å². The molecule has 102 valence electrons. The van der Waals surface area contributed by atoms with E-state index in [2.05, 4.69) is 22.2 Å². The van der Waals surface area contributed by atoms with Gasteiger partial charge in [0.25, 0.3) is 0 Å². The van der Waals surface area contributed by atoms with E-state index in [4.69, 9.17) is 9.47 Å². The van der Waals surface area contributed by atoms with Gasteiger partial charge in [-0.15, -0.1) is 11.3 Å². The van der Waals surface area contributed by atoms with Gasteiger partial charge in [0.15, 0.2) is 0 Å². The van der Waals surface area contributed by atoms with Crippen LogP contribution >= 0.6 is 11.3 Å². The topological polar surface area (TPSA) is 56.3 Å². The Morgan fingerprint density at radius 1 is 1.58 bits per heavy atom. The van der Waals surface area contributed by atoms with Crippen LogP contribution in [0.2, 0.25) is 0 Å². The van der Waals surface area contributed by atoms with Crippen molar-refractivity contribution in [2.45, 2.75) is 25.5 Å². The fourth-order valence-corrected chi connectivity index (χ4v) is 2.84. The molecule has 0 aromatic carbocycles. The third kappa shape index (κ3) is 3.02. The van der Waals surface area contributed by atoms with Crippen molar-refractivity contribution in [3.8, 4) is 0 Å². The van der Waals surface area contributed by atoms with Crippen LogP contribution in [0.25, 0.3) is 10.2 Å². The van der Waals surface area contributed by atoms with Gasteiger partial charge < -0.3 is 14.8 Å². The van der Waals surface area contributed by atoms with Crippen LogP contribution in [0.4, 0.5) is 5.82 Å². The fourth-order valence-electron chi connectivity index (χ4n) is 2.10. The first-order valence-electron chi connectivity index (χ1n) is 6.47. The molecule has 3 heterocycles. The van der Waals surface area contributed by atoms with E-state index in [1.54, 1.807) is 17.7 Å². The molecule has 1 aliphatic heterocycles. The second-order valence-electron chi connectivity index (χ2n) is 4.73. The van der Waals surface area contributed by atoms with Crippen LogP contribution in [-0.2, 0) is 9.47 Å². The highest BCUT2D eigenvalue weighted by atomic mass is 32.1. The molecule has 0 amide bonds. The van der Waals surface area contributed by atoms with Crippen molar-refractivity contribution in [3.63, 3.8) is 0 Å². The maximum atomic E-state index is 5.80. The number of nitrogens with one attached hydrogen (secondary N) is 1. The molecule has 2 atom stereocenters. The predicted octanol–water partition coefficient (Wildman–Crippen LogP) is 2.30. The second-order valence-corrected chi connectivity index (χ2v) is 5.62. The lowest BCUT2D eigenvalue weighted by Gasteiger charge is -2.17. The summed E-state index contributed by atoms with van der Waals surface area (Å²) in [4.78, 5) is 9.55. The van der Waals surface area contributed by atoms with Crippen molar-refractivity contribution in [2.24, 2.45) is 0 Å². The van der Waals surface area contributed by atoms with Crippen LogP contribution in [0.15, 0.2) is 17.8 Å². The van der Waals surface area contributed by atoms with Gasteiger partial charge in [-0.25, -0.2) is 9.97 Å². The molecule has 5 nitrogen and oxygen atoms in total. The van der Waals surface area contributed by atoms with Gasteiger partial charge in [-0.3, -0.25) is 0 Å². The van der Waals surface area contributed by atoms with Crippen molar-refractivity contribution < 1.29 is 9.47 Å². The van der Waals surface area contributed by atoms with Gasteiger partial charge in [0.05, 0.1) is 24.7 Å². The molecule has 2 aromatic rings. The lowest BCUT2D eigenvalue weighted by Crippen LogP contribution is -2.26. The lowest BCUT2D eigenvalue weighted by atomic mass is 10.3. The quantitative estimate of drug-likeness (QED) is 0.910. The van der Waals surface area contributed by atoms with E-state index in [1.807, 2.05) is 11.4 Å². The van der Waals surface area contributed by atoms with E-state index in [0.29, 0.717) is 6.61 Å². The van der Waals surface area contributed by atoms with Crippen molar-refractivity contribution in [3.05, 3.63) is 17.8 Å². The SMILES string of the molecule is CC(COC1CCOC1)Nc1ncnc2sccc12. The minimum absolute atomic E-state index is 0.207. The average molecular weight is 279 g/mol. The monoisotopic (exact) mass is 279 g/mol. The van der Waals surface area contributed by atoms with Crippen molar-refractivity contribution >= 4 is 27.4 Å². The summed E-state index contributed by atoms with van der Waals surface area (Å²) in [6.45, 7) is 4.28. The van der Waals surface area contributed by atoms with Gasteiger partial charge in [-0.2, -0.15) is 0 Å². The minimum Gasteiger partial charge on any atom is -0.379 e. The first-order valence-corrected chi connectivity index (χ1v) is 7.35. The third-order valence-electron chi connectivity index (χ3n) is 3.11. The van der Waals surface area contributed by atoms with Crippen molar-refractivity contribution in [1.82, 2.24) is 9.97 Å². The van der Waals surface area contributed by atoms with E-state index in [0.717, 1.165) is 35.7 Å². The van der Waals surface area contributed by atoms with Crippen molar-refractivity contribution in [2.75, 3.05) is 25.1 Å². The van der Waals surface area contributed by atoms with Crippen LogP contribution in [0.5, 0.6) is 0 Å². The number of aromatic nitrogens is 2. The molecule has 1 aliphatic rings. The summed E-state index contributed by atoms with van der Waals surface area (Å²) in [5.74, 6) is 0.880. The van der Waals surface area contributed by atoms with Crippen LogP contribution in [0.1, 0.15) is 13.3 Å². The first-order chi connectivity index (χ1) is 9.33. The van der Waals surface area contributed by atoms with Gasteiger partial charge in [-0.05, 0) is 24.8 Å². The van der Waals surface area contributed by atoms with Crippen LogP contribution in [0, 0.1) is 0 Å². The largest absolute Gasteiger partial charge is 0.379 e. The Morgan fingerprint density at radius 3 is 3.37 bits per heavy atom. The molecule has 1 saturated heterocycles. The number of ether oxygens (including phenoxy) is 2. The molecule has 3 rings (SSSR count). The molecule has 0 bridgehead atoms. The number of fused-ring (bicyclic) bond motifs is 1. The standard InChI is InChI=1S/C13H17N3O2S/c1-9(6-18-10-2-4-17-7-10)16-12-11-3-5-19-13(11)15-8-14-12/h3,5,8-10H,2,4,6-7H2,1H3,(H,14,15,16). The number of rotatable bonds is 5. The molecule has 2 aromatic heterocycles.